The van der Waals surface area contributed by atoms with Crippen molar-refractivity contribution in [2.45, 2.75) is 57.5 Å². The molecule has 0 N–H and O–H groups in total. The van der Waals surface area contributed by atoms with Crippen LogP contribution in [-0.2, 0) is 17.1 Å². The number of hydrogen-bond donors (Lipinski definition) is 0. The molecule has 6 nitrogen and oxygen atoms in total. The van der Waals surface area contributed by atoms with Crippen LogP contribution in [0.3, 0.4) is 0 Å². The molecule has 12 heteroatoms. The van der Waals surface area contributed by atoms with E-state index in [9.17, 15) is 31.1 Å². The summed E-state index contributed by atoms with van der Waals surface area (Å²) in [7, 11) is 0. The van der Waals surface area contributed by atoms with Crippen molar-refractivity contribution >= 4 is 6.09 Å². The van der Waals surface area contributed by atoms with E-state index < -0.39 is 40.7 Å². The average Bonchev–Trinajstić information content (AvgIpc) is 3.15. The van der Waals surface area contributed by atoms with Gasteiger partial charge in [0.25, 0.3) is 0 Å². The Bertz CT molecular complexity index is 938. The summed E-state index contributed by atoms with van der Waals surface area (Å²) in [5.41, 5.74) is -4.01. The minimum atomic E-state index is -4.98. The van der Waals surface area contributed by atoms with Crippen LogP contribution < -0.4 is 0 Å². The molecule has 1 aliphatic rings. The zero-order chi connectivity index (χ0) is 23.9. The minimum Gasteiger partial charge on any atom is -0.444 e. The van der Waals surface area contributed by atoms with Crippen LogP contribution in [0.15, 0.2) is 22.7 Å². The number of rotatable bonds is 2. The number of ether oxygens (including phenoxy) is 1. The number of carbonyl (C=O) groups is 1. The van der Waals surface area contributed by atoms with Gasteiger partial charge in [0.1, 0.15) is 5.60 Å². The maximum absolute atomic E-state index is 13.1. The Hall–Kier alpha value is -2.79. The second kappa shape index (κ2) is 8.28. The lowest BCUT2D eigenvalue weighted by atomic mass is 9.97. The minimum absolute atomic E-state index is 0.0386. The molecule has 0 atom stereocenters. The zero-order valence-electron chi connectivity index (χ0n) is 17.5. The molecule has 1 aromatic carbocycles. The van der Waals surface area contributed by atoms with Gasteiger partial charge < -0.3 is 14.2 Å². The molecule has 0 aliphatic carbocycles. The van der Waals surface area contributed by atoms with Gasteiger partial charge in [0.15, 0.2) is 0 Å². The fourth-order valence-electron chi connectivity index (χ4n) is 3.24. The quantitative estimate of drug-likeness (QED) is 0.518. The Morgan fingerprint density at radius 1 is 1.00 bits per heavy atom. The predicted molar refractivity (Wildman–Crippen MR) is 99.5 cm³/mol. The fraction of sp³-hybridized carbons (Fsp3) is 0.550. The van der Waals surface area contributed by atoms with Gasteiger partial charge in [-0.25, -0.2) is 4.79 Å². The van der Waals surface area contributed by atoms with Crippen molar-refractivity contribution < 1.29 is 40.4 Å². The van der Waals surface area contributed by atoms with Crippen LogP contribution in [0.2, 0.25) is 0 Å². The predicted octanol–water partition coefficient (Wildman–Crippen LogP) is 5.89. The Morgan fingerprint density at radius 2 is 1.53 bits per heavy atom. The standard InChI is InChI=1S/C20H21F6N3O3/c1-18(2,3)31-17(30)29-6-4-11(5-7-29)16-27-15(28-32-16)12-8-13(19(21,22)23)10-14(9-12)20(24,25)26/h8-11H,4-7H2,1-3H3. The number of halogens is 6. The largest absolute Gasteiger partial charge is 0.444 e. The van der Waals surface area contributed by atoms with E-state index in [0.717, 1.165) is 0 Å². The van der Waals surface area contributed by atoms with Gasteiger partial charge >= 0.3 is 18.4 Å². The highest BCUT2D eigenvalue weighted by Gasteiger charge is 2.37. The van der Waals surface area contributed by atoms with Gasteiger partial charge in [0.2, 0.25) is 11.7 Å². The molecule has 3 rings (SSSR count). The summed E-state index contributed by atoms with van der Waals surface area (Å²) in [6.07, 6.45) is -9.56. The van der Waals surface area contributed by atoms with E-state index >= 15 is 0 Å². The number of carbonyl (C=O) groups excluding carboxylic acids is 1. The summed E-state index contributed by atoms with van der Waals surface area (Å²) in [5.74, 6) is -0.566. The highest BCUT2D eigenvalue weighted by atomic mass is 19.4. The van der Waals surface area contributed by atoms with Crippen molar-refractivity contribution in [3.05, 3.63) is 35.2 Å². The van der Waals surface area contributed by atoms with Gasteiger partial charge in [-0.3, -0.25) is 0 Å². The molecule has 1 aliphatic heterocycles. The van der Waals surface area contributed by atoms with E-state index in [4.69, 9.17) is 9.26 Å². The average molecular weight is 465 g/mol. The second-order valence-corrected chi connectivity index (χ2v) is 8.49. The fourth-order valence-corrected chi connectivity index (χ4v) is 3.24. The van der Waals surface area contributed by atoms with Gasteiger partial charge in [-0.15, -0.1) is 0 Å². The van der Waals surface area contributed by atoms with Crippen LogP contribution in [0.25, 0.3) is 11.4 Å². The Morgan fingerprint density at radius 3 is 2.00 bits per heavy atom. The topological polar surface area (TPSA) is 68.5 Å². The molecule has 0 radical (unpaired) electrons. The van der Waals surface area contributed by atoms with Crippen molar-refractivity contribution in [2.24, 2.45) is 0 Å². The highest BCUT2D eigenvalue weighted by Crippen LogP contribution is 2.38. The molecule has 1 amide bonds. The second-order valence-electron chi connectivity index (χ2n) is 8.49. The van der Waals surface area contributed by atoms with Crippen LogP contribution in [0.4, 0.5) is 31.1 Å². The first-order valence-corrected chi connectivity index (χ1v) is 9.75. The van der Waals surface area contributed by atoms with E-state index in [1.54, 1.807) is 20.8 Å². The molecule has 1 fully saturated rings. The molecule has 176 valence electrons. The molecule has 1 saturated heterocycles. The van der Waals surface area contributed by atoms with Crippen molar-refractivity contribution in [1.29, 1.82) is 0 Å². The van der Waals surface area contributed by atoms with Crippen LogP contribution in [-0.4, -0.2) is 39.8 Å². The van der Waals surface area contributed by atoms with Crippen LogP contribution >= 0.6 is 0 Å². The maximum atomic E-state index is 13.1. The van der Waals surface area contributed by atoms with Crippen molar-refractivity contribution in [3.63, 3.8) is 0 Å². The zero-order valence-corrected chi connectivity index (χ0v) is 17.5. The normalized spacial score (nSPS) is 16.3. The van der Waals surface area contributed by atoms with Crippen molar-refractivity contribution in [3.8, 4) is 11.4 Å². The van der Waals surface area contributed by atoms with Crippen LogP contribution in [0.5, 0.6) is 0 Å². The van der Waals surface area contributed by atoms with E-state index in [-0.39, 0.29) is 23.7 Å². The number of nitrogens with zero attached hydrogens (tertiary/aromatic N) is 3. The van der Waals surface area contributed by atoms with E-state index in [0.29, 0.717) is 38.1 Å². The molecule has 0 unspecified atom stereocenters. The van der Waals surface area contributed by atoms with E-state index in [1.165, 1.54) is 4.90 Å². The third kappa shape index (κ3) is 5.71. The van der Waals surface area contributed by atoms with Gasteiger partial charge in [0, 0.05) is 24.6 Å². The summed E-state index contributed by atoms with van der Waals surface area (Å²) < 4.78 is 88.9. The van der Waals surface area contributed by atoms with Crippen LogP contribution in [0.1, 0.15) is 56.5 Å². The number of benzene rings is 1. The lowest BCUT2D eigenvalue weighted by Crippen LogP contribution is -2.41. The highest BCUT2D eigenvalue weighted by molar-refractivity contribution is 5.68. The smallest absolute Gasteiger partial charge is 0.416 e. The Labute approximate surface area is 179 Å². The lowest BCUT2D eigenvalue weighted by Gasteiger charge is -2.32. The van der Waals surface area contributed by atoms with Crippen molar-refractivity contribution in [1.82, 2.24) is 15.0 Å². The summed E-state index contributed by atoms with van der Waals surface area (Å²) in [5, 5.41) is 3.58. The monoisotopic (exact) mass is 465 g/mol. The maximum Gasteiger partial charge on any atom is 0.416 e. The molecule has 0 bridgehead atoms. The van der Waals surface area contributed by atoms with E-state index in [2.05, 4.69) is 10.1 Å². The number of aromatic nitrogens is 2. The summed E-state index contributed by atoms with van der Waals surface area (Å²) >= 11 is 0. The molecule has 0 spiro atoms. The first kappa shape index (κ1) is 23.9. The van der Waals surface area contributed by atoms with E-state index in [1.807, 2.05) is 0 Å². The van der Waals surface area contributed by atoms with Crippen LogP contribution in [0, 0.1) is 0 Å². The number of hydrogen-bond acceptors (Lipinski definition) is 5. The lowest BCUT2D eigenvalue weighted by molar-refractivity contribution is -0.143. The third-order valence-electron chi connectivity index (χ3n) is 4.78. The number of piperidine rings is 1. The van der Waals surface area contributed by atoms with Gasteiger partial charge in [-0.05, 0) is 51.8 Å². The summed E-state index contributed by atoms with van der Waals surface area (Å²) in [6.45, 7) is 5.90. The molecular weight excluding hydrogens is 444 g/mol. The molecule has 32 heavy (non-hydrogen) atoms. The van der Waals surface area contributed by atoms with Gasteiger partial charge in [-0.1, -0.05) is 5.16 Å². The first-order valence-electron chi connectivity index (χ1n) is 9.75. The Kier molecular flexibility index (Phi) is 6.18. The number of likely N-dealkylation sites (tertiary alicyclic amines) is 1. The Balaban J connectivity index is 1.77. The number of alkyl halides is 6. The molecule has 1 aromatic heterocycles. The summed E-state index contributed by atoms with van der Waals surface area (Å²) in [4.78, 5) is 17.7. The van der Waals surface area contributed by atoms with Gasteiger partial charge in [0.05, 0.1) is 11.1 Å². The molecule has 0 saturated carbocycles. The summed E-state index contributed by atoms with van der Waals surface area (Å²) in [6, 6.07) is 1.14. The van der Waals surface area contributed by atoms with Crippen molar-refractivity contribution in [2.75, 3.05) is 13.1 Å². The number of amides is 1. The third-order valence-corrected chi connectivity index (χ3v) is 4.78. The molecule has 2 heterocycles. The molecule has 2 aromatic rings. The first-order chi connectivity index (χ1) is 14.6. The van der Waals surface area contributed by atoms with Gasteiger partial charge in [-0.2, -0.15) is 31.3 Å². The SMILES string of the molecule is CC(C)(C)OC(=O)N1CCC(c2nc(-c3cc(C(F)(F)F)cc(C(F)(F)F)c3)no2)CC1. The molecular formula is C20H21F6N3O3.